The first-order valence-corrected chi connectivity index (χ1v) is 8.13. The zero-order valence-corrected chi connectivity index (χ0v) is 13.6. The van der Waals surface area contributed by atoms with Crippen molar-refractivity contribution in [2.75, 3.05) is 19.3 Å². The molecular weight excluding hydrogens is 288 g/mol. The van der Waals surface area contributed by atoms with Crippen molar-refractivity contribution in [2.24, 2.45) is 4.99 Å². The van der Waals surface area contributed by atoms with Gasteiger partial charge >= 0.3 is 6.03 Å². The van der Waals surface area contributed by atoms with Gasteiger partial charge in [0.1, 0.15) is 0 Å². The van der Waals surface area contributed by atoms with Crippen molar-refractivity contribution in [3.05, 3.63) is 12.2 Å². The number of nitrogens with zero attached hydrogens (tertiary/aromatic N) is 3. The molecule has 0 saturated carbocycles. The van der Waals surface area contributed by atoms with Gasteiger partial charge in [0.2, 0.25) is 0 Å². The van der Waals surface area contributed by atoms with Crippen molar-refractivity contribution >= 4 is 28.9 Å². The van der Waals surface area contributed by atoms with Gasteiger partial charge in [0.05, 0.1) is 0 Å². The third kappa shape index (κ3) is 3.23. The molecule has 2 aliphatic rings. The van der Waals surface area contributed by atoms with Crippen LogP contribution in [-0.4, -0.2) is 58.5 Å². The van der Waals surface area contributed by atoms with E-state index in [-0.39, 0.29) is 11.9 Å². The summed E-state index contributed by atoms with van der Waals surface area (Å²) in [6.45, 7) is 8.57. The predicted molar refractivity (Wildman–Crippen MR) is 85.2 cm³/mol. The number of hydrogen-bond donors (Lipinski definition) is 1. The third-order valence-corrected chi connectivity index (χ3v) is 4.58. The number of rotatable bonds is 5. The van der Waals surface area contributed by atoms with Gasteiger partial charge in [-0.2, -0.15) is 0 Å². The molecule has 0 aliphatic carbocycles. The third-order valence-electron chi connectivity index (χ3n) is 3.49. The number of likely N-dealkylation sites (N-methyl/N-ethyl adjacent to an activating group) is 1. The highest BCUT2D eigenvalue weighted by Crippen LogP contribution is 2.29. The summed E-state index contributed by atoms with van der Waals surface area (Å²) in [5.41, 5.74) is 0.965. The van der Waals surface area contributed by atoms with Crippen LogP contribution in [0.3, 0.4) is 0 Å². The fraction of sp³-hybridized carbons (Fsp3) is 0.643. The first-order chi connectivity index (χ1) is 9.95. The van der Waals surface area contributed by atoms with Gasteiger partial charge in [-0.1, -0.05) is 37.3 Å². The van der Waals surface area contributed by atoms with Crippen molar-refractivity contribution in [3.8, 4) is 0 Å². The van der Waals surface area contributed by atoms with Gasteiger partial charge < -0.3 is 9.80 Å². The van der Waals surface area contributed by atoms with Crippen LogP contribution in [-0.2, 0) is 4.79 Å². The molecule has 6 nitrogen and oxygen atoms in total. The van der Waals surface area contributed by atoms with Crippen LogP contribution in [0, 0.1) is 0 Å². The molecule has 116 valence electrons. The van der Waals surface area contributed by atoms with E-state index in [9.17, 15) is 9.59 Å². The van der Waals surface area contributed by atoms with Crippen molar-refractivity contribution in [3.63, 3.8) is 0 Å². The summed E-state index contributed by atoms with van der Waals surface area (Å²) in [6, 6.07) is -0.839. The van der Waals surface area contributed by atoms with Crippen LogP contribution in [0.15, 0.2) is 17.1 Å². The number of urea groups is 1. The summed E-state index contributed by atoms with van der Waals surface area (Å²) in [5, 5.41) is 3.22. The monoisotopic (exact) mass is 310 g/mol. The molecule has 1 N–H and O–H groups in total. The van der Waals surface area contributed by atoms with Crippen LogP contribution < -0.4 is 5.32 Å². The number of carbonyl (C=O) groups is 2. The average molecular weight is 310 g/mol. The number of nitrogens with one attached hydrogen (secondary N) is 1. The maximum atomic E-state index is 12.2. The van der Waals surface area contributed by atoms with E-state index in [0.717, 1.165) is 29.3 Å². The van der Waals surface area contributed by atoms with Gasteiger partial charge in [-0.05, 0) is 13.3 Å². The average Bonchev–Trinajstić information content (AvgIpc) is 2.75. The van der Waals surface area contributed by atoms with Crippen molar-refractivity contribution in [2.45, 2.75) is 38.9 Å². The molecule has 1 fully saturated rings. The van der Waals surface area contributed by atoms with Gasteiger partial charge in [-0.25, -0.2) is 9.79 Å². The predicted octanol–water partition coefficient (Wildman–Crippen LogP) is 1.64. The Morgan fingerprint density at radius 2 is 2.19 bits per heavy atom. The van der Waals surface area contributed by atoms with Crippen LogP contribution in [0.5, 0.6) is 0 Å². The minimum absolute atomic E-state index is 0.279. The minimum Gasteiger partial charge on any atom is -0.332 e. The molecule has 0 aromatic rings. The van der Waals surface area contributed by atoms with E-state index >= 15 is 0 Å². The number of thioether (sulfide) groups is 1. The molecular formula is C14H22N4O2S. The highest BCUT2D eigenvalue weighted by Gasteiger charge is 2.48. The Labute approximate surface area is 129 Å². The Hall–Kier alpha value is -1.50. The summed E-state index contributed by atoms with van der Waals surface area (Å²) in [5.74, 6) is 0.681. The zero-order valence-electron chi connectivity index (χ0n) is 12.8. The number of hydrogen-bond acceptors (Lipinski definition) is 5. The second kappa shape index (κ2) is 6.51. The number of amides is 3. The molecule has 2 unspecified atom stereocenters. The van der Waals surface area contributed by atoms with Crippen LogP contribution in [0.25, 0.3) is 0 Å². The fourth-order valence-electron chi connectivity index (χ4n) is 2.39. The summed E-state index contributed by atoms with van der Waals surface area (Å²) in [7, 11) is 1.67. The summed E-state index contributed by atoms with van der Waals surface area (Å²) in [4.78, 5) is 32.0. The lowest BCUT2D eigenvalue weighted by molar-refractivity contribution is -0.126. The molecule has 2 atom stereocenters. The van der Waals surface area contributed by atoms with E-state index in [1.807, 2.05) is 11.8 Å². The Balaban J connectivity index is 2.22. The summed E-state index contributed by atoms with van der Waals surface area (Å²) >= 11 is 1.65. The van der Waals surface area contributed by atoms with Crippen LogP contribution >= 0.6 is 11.8 Å². The molecule has 1 saturated heterocycles. The van der Waals surface area contributed by atoms with Crippen molar-refractivity contribution < 1.29 is 9.59 Å². The summed E-state index contributed by atoms with van der Waals surface area (Å²) in [6.07, 6.45) is 1.78. The molecule has 0 bridgehead atoms. The van der Waals surface area contributed by atoms with Crippen LogP contribution in [0.1, 0.15) is 26.7 Å². The van der Waals surface area contributed by atoms with E-state index in [2.05, 4.69) is 23.8 Å². The molecule has 0 spiro atoms. The Kier molecular flexibility index (Phi) is 4.92. The second-order valence-electron chi connectivity index (χ2n) is 5.46. The van der Waals surface area contributed by atoms with Crippen LogP contribution in [0.4, 0.5) is 4.79 Å². The normalized spacial score (nSPS) is 24.8. The lowest BCUT2D eigenvalue weighted by Crippen LogP contribution is -2.63. The lowest BCUT2D eigenvalue weighted by atomic mass is 10.1. The number of carbonyl (C=O) groups excluding carboxylic acids is 2. The maximum Gasteiger partial charge on any atom is 0.325 e. The molecule has 21 heavy (non-hydrogen) atoms. The number of imide groups is 1. The molecule has 3 amide bonds. The van der Waals surface area contributed by atoms with E-state index < -0.39 is 12.2 Å². The Bertz CT molecular complexity index is 491. The van der Waals surface area contributed by atoms with Gasteiger partial charge in [0.15, 0.2) is 17.4 Å². The first-order valence-electron chi connectivity index (χ1n) is 7.15. The minimum atomic E-state index is -0.450. The van der Waals surface area contributed by atoms with Gasteiger partial charge in [-0.3, -0.25) is 10.1 Å². The number of amidine groups is 1. The Morgan fingerprint density at radius 1 is 1.48 bits per heavy atom. The number of fused-ring (bicyclic) bond motifs is 1. The Morgan fingerprint density at radius 3 is 2.81 bits per heavy atom. The van der Waals surface area contributed by atoms with E-state index in [1.165, 1.54) is 4.90 Å². The van der Waals surface area contributed by atoms with Crippen LogP contribution in [0.2, 0.25) is 0 Å². The molecule has 0 aromatic heterocycles. The fourth-order valence-corrected chi connectivity index (χ4v) is 3.53. The van der Waals surface area contributed by atoms with Gasteiger partial charge in [0.25, 0.3) is 5.91 Å². The smallest absolute Gasteiger partial charge is 0.325 e. The maximum absolute atomic E-state index is 12.2. The molecule has 2 rings (SSSR count). The largest absolute Gasteiger partial charge is 0.332 e. The van der Waals surface area contributed by atoms with Crippen molar-refractivity contribution in [1.82, 2.24) is 15.1 Å². The highest BCUT2D eigenvalue weighted by atomic mass is 32.2. The number of aliphatic imine (C=N–C) groups is 1. The molecule has 0 radical (unpaired) electrons. The first kappa shape index (κ1) is 15.9. The van der Waals surface area contributed by atoms with E-state index in [0.29, 0.717) is 6.54 Å². The van der Waals surface area contributed by atoms with Gasteiger partial charge in [-0.15, -0.1) is 0 Å². The standard InChI is InChI=1S/C14H22N4O2S/c1-5-6-7-21-14-15-11-10(18(14)8-9(2)3)12(19)16-13(20)17(11)4/h10-11H,2,5-8H2,1,3-4H3,(H,16,19,20). The molecule has 2 aliphatic heterocycles. The SMILES string of the molecule is C=C(C)CN1C(SCCCC)=NC2C1C(=O)NC(=O)N2C. The quantitative estimate of drug-likeness (QED) is 0.619. The highest BCUT2D eigenvalue weighted by molar-refractivity contribution is 8.13. The molecule has 2 heterocycles. The zero-order chi connectivity index (χ0) is 15.6. The topological polar surface area (TPSA) is 65.0 Å². The molecule has 7 heteroatoms. The lowest BCUT2D eigenvalue weighted by Gasteiger charge is -2.36. The second-order valence-corrected chi connectivity index (χ2v) is 6.52. The van der Waals surface area contributed by atoms with E-state index in [1.54, 1.807) is 18.8 Å². The van der Waals surface area contributed by atoms with E-state index in [4.69, 9.17) is 0 Å². The molecule has 0 aromatic carbocycles. The number of unbranched alkanes of at least 4 members (excludes halogenated alkanes) is 1. The summed E-state index contributed by atoms with van der Waals surface area (Å²) < 4.78 is 0. The van der Waals surface area contributed by atoms with Gasteiger partial charge in [0, 0.05) is 19.3 Å². The van der Waals surface area contributed by atoms with Crippen molar-refractivity contribution in [1.29, 1.82) is 0 Å².